The molecule has 0 unspecified atom stereocenters. The Morgan fingerprint density at radius 1 is 1.33 bits per heavy atom. The minimum atomic E-state index is -0.432. The molecule has 2 heterocycles. The minimum Gasteiger partial charge on any atom is -0.369 e. The fraction of sp³-hybridized carbons (Fsp3) is 0.625. The van der Waals surface area contributed by atoms with E-state index in [1.807, 2.05) is 11.0 Å². The summed E-state index contributed by atoms with van der Waals surface area (Å²) in [4.78, 5) is 28.1. The molecule has 5 nitrogen and oxygen atoms in total. The molecule has 0 saturated carbocycles. The van der Waals surface area contributed by atoms with Gasteiger partial charge in [0.25, 0.3) is 5.91 Å². The Bertz CT molecular complexity index is 435. The SMILES string of the molecule is C=CCCN1C(=O)[C@H](OC)[C@@H]1[C@H]1CC(=O)CCN1CC=C. The van der Waals surface area contributed by atoms with E-state index in [0.29, 0.717) is 19.4 Å². The van der Waals surface area contributed by atoms with E-state index >= 15 is 0 Å². The summed E-state index contributed by atoms with van der Waals surface area (Å²) in [6.45, 7) is 9.58. The van der Waals surface area contributed by atoms with Gasteiger partial charge in [0, 0.05) is 45.6 Å². The highest BCUT2D eigenvalue weighted by atomic mass is 16.5. The van der Waals surface area contributed by atoms with Gasteiger partial charge >= 0.3 is 0 Å². The lowest BCUT2D eigenvalue weighted by Gasteiger charge is -2.53. The lowest BCUT2D eigenvalue weighted by atomic mass is 9.84. The molecule has 0 bridgehead atoms. The molecule has 0 aromatic rings. The van der Waals surface area contributed by atoms with Gasteiger partial charge in [-0.25, -0.2) is 0 Å². The molecule has 5 heteroatoms. The van der Waals surface area contributed by atoms with Gasteiger partial charge in [-0.05, 0) is 6.42 Å². The first kappa shape index (κ1) is 15.9. The minimum absolute atomic E-state index is 0.0147. The monoisotopic (exact) mass is 292 g/mol. The van der Waals surface area contributed by atoms with Gasteiger partial charge < -0.3 is 9.64 Å². The Labute approximate surface area is 126 Å². The van der Waals surface area contributed by atoms with E-state index in [1.54, 1.807) is 13.2 Å². The van der Waals surface area contributed by atoms with Crippen molar-refractivity contribution in [1.82, 2.24) is 9.80 Å². The van der Waals surface area contributed by atoms with E-state index in [9.17, 15) is 9.59 Å². The number of Topliss-reactive ketones (excluding diaryl/α,β-unsaturated/α-hetero) is 1. The Balaban J connectivity index is 2.16. The number of hydrogen-bond donors (Lipinski definition) is 0. The van der Waals surface area contributed by atoms with E-state index in [1.165, 1.54) is 0 Å². The number of methoxy groups -OCH3 is 1. The molecule has 2 fully saturated rings. The van der Waals surface area contributed by atoms with Crippen molar-refractivity contribution < 1.29 is 14.3 Å². The molecule has 2 rings (SSSR count). The number of hydrogen-bond acceptors (Lipinski definition) is 4. The maximum absolute atomic E-state index is 12.1. The average Bonchev–Trinajstić information content (AvgIpc) is 2.47. The molecular formula is C16H24N2O3. The van der Waals surface area contributed by atoms with Gasteiger partial charge in [0.1, 0.15) is 5.78 Å². The van der Waals surface area contributed by atoms with E-state index in [4.69, 9.17) is 4.74 Å². The zero-order valence-electron chi connectivity index (χ0n) is 12.7. The largest absolute Gasteiger partial charge is 0.369 e. The molecule has 2 aliphatic heterocycles. The molecule has 0 aromatic carbocycles. The predicted molar refractivity (Wildman–Crippen MR) is 80.9 cm³/mol. The van der Waals surface area contributed by atoms with Crippen LogP contribution in [0.1, 0.15) is 19.3 Å². The second-order valence-corrected chi connectivity index (χ2v) is 5.60. The number of rotatable bonds is 7. The number of amides is 1. The van der Waals surface area contributed by atoms with E-state index in [2.05, 4.69) is 18.1 Å². The third-order valence-electron chi connectivity index (χ3n) is 4.37. The maximum Gasteiger partial charge on any atom is 0.254 e. The molecule has 0 N–H and O–H groups in total. The summed E-state index contributed by atoms with van der Waals surface area (Å²) in [5.74, 6) is 0.277. The molecule has 1 amide bonds. The highest BCUT2D eigenvalue weighted by Gasteiger charge is 2.53. The molecule has 2 aliphatic rings. The van der Waals surface area contributed by atoms with Crippen LogP contribution >= 0.6 is 0 Å². The number of carbonyl (C=O) groups excluding carboxylic acids is 2. The molecule has 21 heavy (non-hydrogen) atoms. The van der Waals surface area contributed by atoms with Crippen molar-refractivity contribution in [2.75, 3.05) is 26.7 Å². The predicted octanol–water partition coefficient (Wildman–Crippen LogP) is 1.01. The standard InChI is InChI=1S/C16H24N2O3/c1-4-6-9-18-14(15(21-3)16(18)20)13-11-12(19)7-10-17(13)8-5-2/h4-5,13-15H,1-2,6-11H2,3H3/t13-,14+,15-/m1/s1. The van der Waals surface area contributed by atoms with Crippen LogP contribution in [-0.4, -0.2) is 66.4 Å². The van der Waals surface area contributed by atoms with Gasteiger partial charge in [0.05, 0.1) is 6.04 Å². The molecule has 0 radical (unpaired) electrons. The third kappa shape index (κ3) is 3.09. The number of piperidine rings is 1. The lowest BCUT2D eigenvalue weighted by Crippen LogP contribution is -2.73. The van der Waals surface area contributed by atoms with Crippen LogP contribution in [0.25, 0.3) is 0 Å². The summed E-state index contributed by atoms with van der Waals surface area (Å²) in [5, 5.41) is 0. The van der Waals surface area contributed by atoms with Crippen LogP contribution in [0, 0.1) is 0 Å². The van der Waals surface area contributed by atoms with Crippen LogP contribution in [-0.2, 0) is 14.3 Å². The molecule has 0 aliphatic carbocycles. The van der Waals surface area contributed by atoms with Crippen molar-refractivity contribution in [1.29, 1.82) is 0 Å². The zero-order chi connectivity index (χ0) is 15.4. The summed E-state index contributed by atoms with van der Waals surface area (Å²) in [6.07, 6.45) is 5.03. The summed E-state index contributed by atoms with van der Waals surface area (Å²) in [7, 11) is 1.56. The average molecular weight is 292 g/mol. The molecule has 116 valence electrons. The lowest BCUT2D eigenvalue weighted by molar-refractivity contribution is -0.178. The Morgan fingerprint density at radius 3 is 2.71 bits per heavy atom. The fourth-order valence-corrected chi connectivity index (χ4v) is 3.30. The molecule has 0 aromatic heterocycles. The first-order chi connectivity index (χ1) is 10.1. The van der Waals surface area contributed by atoms with Crippen LogP contribution in [0.2, 0.25) is 0 Å². The number of ether oxygens (including phenoxy) is 1. The third-order valence-corrected chi connectivity index (χ3v) is 4.37. The van der Waals surface area contributed by atoms with Gasteiger partial charge in [-0.2, -0.15) is 0 Å². The van der Waals surface area contributed by atoms with Crippen molar-refractivity contribution >= 4 is 11.7 Å². The van der Waals surface area contributed by atoms with E-state index < -0.39 is 6.10 Å². The van der Waals surface area contributed by atoms with Crippen molar-refractivity contribution in [3.05, 3.63) is 25.3 Å². The van der Waals surface area contributed by atoms with E-state index in [0.717, 1.165) is 19.5 Å². The number of β-lactam (4-membered cyclic amide) rings is 1. The van der Waals surface area contributed by atoms with Crippen molar-refractivity contribution in [3.63, 3.8) is 0 Å². The van der Waals surface area contributed by atoms with Crippen molar-refractivity contribution in [2.45, 2.75) is 37.5 Å². The van der Waals surface area contributed by atoms with Crippen LogP contribution in [0.15, 0.2) is 25.3 Å². The van der Waals surface area contributed by atoms with Gasteiger partial charge in [-0.3, -0.25) is 14.5 Å². The zero-order valence-corrected chi connectivity index (χ0v) is 12.7. The number of nitrogens with zero attached hydrogens (tertiary/aromatic N) is 2. The van der Waals surface area contributed by atoms with Crippen molar-refractivity contribution in [3.8, 4) is 0 Å². The maximum atomic E-state index is 12.1. The normalized spacial score (nSPS) is 30.1. The smallest absolute Gasteiger partial charge is 0.254 e. The van der Waals surface area contributed by atoms with Crippen molar-refractivity contribution in [2.24, 2.45) is 0 Å². The first-order valence-corrected chi connectivity index (χ1v) is 7.44. The molecule has 3 atom stereocenters. The highest BCUT2D eigenvalue weighted by Crippen LogP contribution is 2.32. The van der Waals surface area contributed by atoms with Gasteiger partial charge in [0.15, 0.2) is 6.10 Å². The fourth-order valence-electron chi connectivity index (χ4n) is 3.30. The second kappa shape index (κ2) is 7.00. The molecule has 2 saturated heterocycles. The summed E-state index contributed by atoms with van der Waals surface area (Å²) >= 11 is 0. The van der Waals surface area contributed by atoms with Crippen LogP contribution in [0.5, 0.6) is 0 Å². The Kier molecular flexibility index (Phi) is 5.31. The van der Waals surface area contributed by atoms with Crippen LogP contribution in [0.4, 0.5) is 0 Å². The number of ketones is 1. The van der Waals surface area contributed by atoms with Gasteiger partial charge in [-0.1, -0.05) is 12.2 Å². The number of carbonyl (C=O) groups is 2. The second-order valence-electron chi connectivity index (χ2n) is 5.60. The topological polar surface area (TPSA) is 49.9 Å². The first-order valence-electron chi connectivity index (χ1n) is 7.44. The Morgan fingerprint density at radius 2 is 2.10 bits per heavy atom. The van der Waals surface area contributed by atoms with Crippen LogP contribution in [0.3, 0.4) is 0 Å². The highest BCUT2D eigenvalue weighted by molar-refractivity contribution is 5.89. The molecular weight excluding hydrogens is 268 g/mol. The Hall–Kier alpha value is -1.46. The summed E-state index contributed by atoms with van der Waals surface area (Å²) in [6, 6.07) is -0.0247. The van der Waals surface area contributed by atoms with Gasteiger partial charge in [0.2, 0.25) is 0 Å². The molecule has 0 spiro atoms. The van der Waals surface area contributed by atoms with Gasteiger partial charge in [-0.15, -0.1) is 13.2 Å². The summed E-state index contributed by atoms with van der Waals surface area (Å²) < 4.78 is 5.36. The summed E-state index contributed by atoms with van der Waals surface area (Å²) in [5.41, 5.74) is 0. The van der Waals surface area contributed by atoms with Crippen LogP contribution < -0.4 is 0 Å². The number of likely N-dealkylation sites (tertiary alicyclic amines) is 2. The quantitative estimate of drug-likeness (QED) is 0.519. The van der Waals surface area contributed by atoms with E-state index in [-0.39, 0.29) is 23.8 Å².